The van der Waals surface area contributed by atoms with E-state index in [0.717, 1.165) is 28.8 Å². The second-order valence-electron chi connectivity index (χ2n) is 8.44. The molecule has 1 atom stereocenters. The molecule has 2 fully saturated rings. The number of hydrogen-bond donors (Lipinski definition) is 3. The lowest BCUT2D eigenvalue weighted by Crippen LogP contribution is -2.14. The predicted molar refractivity (Wildman–Crippen MR) is 114 cm³/mol. The summed E-state index contributed by atoms with van der Waals surface area (Å²) in [6, 6.07) is 9.08. The summed E-state index contributed by atoms with van der Waals surface area (Å²) in [5.41, 5.74) is 12.0. The van der Waals surface area contributed by atoms with E-state index in [1.807, 2.05) is 24.8 Å². The predicted octanol–water partition coefficient (Wildman–Crippen LogP) is 4.08. The highest BCUT2D eigenvalue weighted by atomic mass is 15.1. The Bertz CT molecular complexity index is 1210. The smallest absolute Gasteiger partial charge is 0.131 e. The third-order valence-corrected chi connectivity index (χ3v) is 6.54. The lowest BCUT2D eigenvalue weighted by molar-refractivity contribution is 0.553. The van der Waals surface area contributed by atoms with Crippen molar-refractivity contribution in [2.45, 2.75) is 25.3 Å². The van der Waals surface area contributed by atoms with Gasteiger partial charge in [0.2, 0.25) is 0 Å². The van der Waals surface area contributed by atoms with E-state index in [2.05, 4.69) is 49.7 Å². The van der Waals surface area contributed by atoms with Crippen LogP contribution in [0.15, 0.2) is 55.2 Å². The molecule has 6 nitrogen and oxygen atoms in total. The van der Waals surface area contributed by atoms with Gasteiger partial charge < -0.3 is 11.1 Å². The average Bonchev–Trinajstić information content (AvgIpc) is 3.13. The number of aromatic nitrogens is 4. The molecule has 2 aliphatic rings. The van der Waals surface area contributed by atoms with Gasteiger partial charge in [0.25, 0.3) is 0 Å². The molecule has 0 radical (unpaired) electrons. The molecule has 4 heterocycles. The average molecular weight is 382 g/mol. The van der Waals surface area contributed by atoms with Crippen molar-refractivity contribution in [2.24, 2.45) is 5.41 Å². The van der Waals surface area contributed by atoms with Crippen LogP contribution in [0.4, 0.5) is 5.82 Å². The van der Waals surface area contributed by atoms with Crippen LogP contribution in [-0.2, 0) is 0 Å². The lowest BCUT2D eigenvalue weighted by atomic mass is 9.91. The Kier molecular flexibility index (Phi) is 3.52. The van der Waals surface area contributed by atoms with Crippen LogP contribution in [0.3, 0.4) is 0 Å². The normalized spacial score (nSPS) is 19.8. The van der Waals surface area contributed by atoms with Gasteiger partial charge in [0.05, 0.1) is 6.20 Å². The van der Waals surface area contributed by atoms with Crippen molar-refractivity contribution in [3.8, 4) is 22.3 Å². The molecule has 0 amide bonds. The second kappa shape index (κ2) is 6.12. The largest absolute Gasteiger partial charge is 0.383 e. The van der Waals surface area contributed by atoms with Crippen molar-refractivity contribution in [2.75, 3.05) is 12.3 Å². The Morgan fingerprint density at radius 2 is 1.97 bits per heavy atom. The summed E-state index contributed by atoms with van der Waals surface area (Å²) in [7, 11) is 0. The van der Waals surface area contributed by atoms with E-state index in [-0.39, 0.29) is 0 Å². The summed E-state index contributed by atoms with van der Waals surface area (Å²) < 4.78 is 0. The first-order valence-corrected chi connectivity index (χ1v) is 10.1. The number of H-pyrrole nitrogens is 1. The van der Waals surface area contributed by atoms with E-state index in [1.165, 1.54) is 35.6 Å². The molecule has 0 bridgehead atoms. The van der Waals surface area contributed by atoms with Gasteiger partial charge in [-0.25, -0.2) is 4.98 Å². The van der Waals surface area contributed by atoms with Gasteiger partial charge in [-0.05, 0) is 65.5 Å². The van der Waals surface area contributed by atoms with Gasteiger partial charge in [-0.15, -0.1) is 0 Å². The van der Waals surface area contributed by atoms with E-state index in [9.17, 15) is 0 Å². The molecule has 29 heavy (non-hydrogen) atoms. The summed E-state index contributed by atoms with van der Waals surface area (Å²) in [6.45, 7) is 1.12. The van der Waals surface area contributed by atoms with Gasteiger partial charge >= 0.3 is 0 Å². The highest BCUT2D eigenvalue weighted by molar-refractivity contribution is 5.91. The van der Waals surface area contributed by atoms with Crippen molar-refractivity contribution >= 4 is 16.6 Å². The summed E-state index contributed by atoms with van der Waals surface area (Å²) >= 11 is 0. The summed E-state index contributed by atoms with van der Waals surface area (Å²) in [4.78, 5) is 8.85. The number of anilines is 1. The van der Waals surface area contributed by atoms with Crippen LogP contribution in [0, 0.1) is 5.41 Å². The lowest BCUT2D eigenvalue weighted by Gasteiger charge is -2.17. The van der Waals surface area contributed by atoms with E-state index in [1.54, 1.807) is 6.20 Å². The topological polar surface area (TPSA) is 92.5 Å². The third kappa shape index (κ3) is 2.79. The molecule has 6 heteroatoms. The number of fused-ring (bicyclic) bond motifs is 1. The number of pyridine rings is 2. The number of nitrogens with two attached hydrogens (primary N) is 1. The van der Waals surface area contributed by atoms with Crippen LogP contribution < -0.4 is 11.1 Å². The number of nitrogen functional groups attached to an aromatic ring is 1. The maximum atomic E-state index is 6.14. The minimum Gasteiger partial charge on any atom is -0.383 e. The van der Waals surface area contributed by atoms with Crippen molar-refractivity contribution in [1.29, 1.82) is 0 Å². The van der Waals surface area contributed by atoms with Gasteiger partial charge in [0, 0.05) is 59.5 Å². The Labute approximate surface area is 168 Å². The summed E-state index contributed by atoms with van der Waals surface area (Å²) in [6.07, 6.45) is 13.2. The van der Waals surface area contributed by atoms with Crippen molar-refractivity contribution in [3.63, 3.8) is 0 Å². The highest BCUT2D eigenvalue weighted by Gasteiger charge is 2.48. The molecule has 3 aromatic heterocycles. The Balaban J connectivity index is 1.49. The Morgan fingerprint density at radius 3 is 2.76 bits per heavy atom. The Hall–Kier alpha value is -3.25. The summed E-state index contributed by atoms with van der Waals surface area (Å²) in [5, 5.41) is 13.1. The molecular formula is C23H22N6. The highest BCUT2D eigenvalue weighted by Crippen LogP contribution is 2.55. The maximum absolute atomic E-state index is 6.14. The quantitative estimate of drug-likeness (QED) is 0.496. The van der Waals surface area contributed by atoms with Crippen molar-refractivity contribution in [3.05, 3.63) is 60.8 Å². The van der Waals surface area contributed by atoms with E-state index >= 15 is 0 Å². The van der Waals surface area contributed by atoms with Crippen LogP contribution in [0.5, 0.6) is 0 Å². The number of nitrogens with one attached hydrogen (secondary N) is 2. The minimum absolute atomic E-state index is 0.374. The summed E-state index contributed by atoms with van der Waals surface area (Å²) in [5.74, 6) is 0.508. The minimum atomic E-state index is 0.374. The fourth-order valence-corrected chi connectivity index (χ4v) is 4.64. The third-order valence-electron chi connectivity index (χ3n) is 6.54. The molecule has 144 valence electrons. The van der Waals surface area contributed by atoms with Gasteiger partial charge in [0.15, 0.2) is 0 Å². The monoisotopic (exact) mass is 382 g/mol. The number of benzene rings is 1. The molecule has 1 spiro atoms. The fraction of sp³-hybridized carbons (Fsp3) is 0.261. The van der Waals surface area contributed by atoms with E-state index in [0.29, 0.717) is 17.3 Å². The molecule has 1 unspecified atom stereocenters. The molecule has 4 aromatic rings. The van der Waals surface area contributed by atoms with E-state index < -0.39 is 0 Å². The second-order valence-corrected chi connectivity index (χ2v) is 8.44. The van der Waals surface area contributed by atoms with Gasteiger partial charge in [-0.1, -0.05) is 0 Å². The molecule has 1 aliphatic carbocycles. The molecule has 6 rings (SSSR count). The van der Waals surface area contributed by atoms with Crippen LogP contribution in [-0.4, -0.2) is 26.7 Å². The van der Waals surface area contributed by atoms with Gasteiger partial charge in [-0.3, -0.25) is 10.1 Å². The molecule has 1 aliphatic heterocycles. The molecule has 1 saturated carbocycles. The van der Waals surface area contributed by atoms with Gasteiger partial charge in [-0.2, -0.15) is 5.10 Å². The van der Waals surface area contributed by atoms with Gasteiger partial charge in [0.1, 0.15) is 5.82 Å². The van der Waals surface area contributed by atoms with Crippen LogP contribution >= 0.6 is 0 Å². The van der Waals surface area contributed by atoms with Crippen LogP contribution in [0.1, 0.15) is 30.9 Å². The molecule has 1 saturated heterocycles. The zero-order valence-corrected chi connectivity index (χ0v) is 16.0. The zero-order chi connectivity index (χ0) is 19.4. The SMILES string of the molecule is Nc1ncc(-c2cc(C3CC4(CC4)CN3)c3cnccc3c2)cc1-c1cn[nH]c1. The standard InChI is InChI=1S/C23H22N6/c24-22-18(17-10-28-29-11-17)7-16(9-26-22)15-5-14-1-4-25-12-20(14)19(6-15)21-8-23(2-3-23)13-27-21/h1,4-7,9-12,21,27H,2-3,8,13H2,(H2,24,26)(H,28,29). The van der Waals surface area contributed by atoms with Crippen molar-refractivity contribution in [1.82, 2.24) is 25.5 Å². The maximum Gasteiger partial charge on any atom is 0.131 e. The van der Waals surface area contributed by atoms with E-state index in [4.69, 9.17) is 5.73 Å². The fourth-order valence-electron chi connectivity index (χ4n) is 4.64. The number of aromatic amines is 1. The number of rotatable bonds is 3. The molecule has 4 N–H and O–H groups in total. The Morgan fingerprint density at radius 1 is 1.03 bits per heavy atom. The first-order chi connectivity index (χ1) is 14.2. The van der Waals surface area contributed by atoms with Crippen LogP contribution in [0.2, 0.25) is 0 Å². The molecule has 1 aromatic carbocycles. The first-order valence-electron chi connectivity index (χ1n) is 10.1. The first kappa shape index (κ1) is 16.7. The zero-order valence-electron chi connectivity index (χ0n) is 16.0. The number of hydrogen-bond acceptors (Lipinski definition) is 5. The number of nitrogens with zero attached hydrogens (tertiary/aromatic N) is 3. The molecular weight excluding hydrogens is 360 g/mol. The van der Waals surface area contributed by atoms with Crippen LogP contribution in [0.25, 0.3) is 33.0 Å². The van der Waals surface area contributed by atoms with Crippen molar-refractivity contribution < 1.29 is 0 Å².